The van der Waals surface area contributed by atoms with E-state index in [2.05, 4.69) is 24.3 Å². The van der Waals surface area contributed by atoms with Crippen molar-refractivity contribution in [3.63, 3.8) is 0 Å². The molecule has 0 bridgehead atoms. The van der Waals surface area contributed by atoms with Crippen molar-refractivity contribution in [2.24, 2.45) is 0 Å². The Hall–Kier alpha value is -3.39. The first kappa shape index (κ1) is 24.7. The molecule has 2 aromatic heterocycles. The Kier molecular flexibility index (Phi) is 7.70. The molecule has 0 radical (unpaired) electrons. The van der Waals surface area contributed by atoms with E-state index in [9.17, 15) is 9.59 Å². The molecule has 4 aromatic rings. The zero-order chi connectivity index (χ0) is 24.9. The van der Waals surface area contributed by atoms with Crippen molar-refractivity contribution < 1.29 is 4.79 Å². The third kappa shape index (κ3) is 5.65. The number of benzene rings is 2. The van der Waals surface area contributed by atoms with Crippen LogP contribution in [0, 0.1) is 6.92 Å². The molecule has 0 unspecified atom stereocenters. The largest absolute Gasteiger partial charge is 0.325 e. The number of thioether (sulfide) groups is 1. The van der Waals surface area contributed by atoms with Crippen LogP contribution in [0.25, 0.3) is 11.0 Å². The highest BCUT2D eigenvalue weighted by Crippen LogP contribution is 2.22. The smallest absolute Gasteiger partial charge is 0.280 e. The van der Waals surface area contributed by atoms with Crippen LogP contribution in [0.4, 0.5) is 5.69 Å². The maximum Gasteiger partial charge on any atom is 0.280 e. The average molecular weight is 490 g/mol. The minimum Gasteiger partial charge on any atom is -0.325 e. The maximum absolute atomic E-state index is 13.5. The summed E-state index contributed by atoms with van der Waals surface area (Å²) in [6.07, 6.45) is 0.690. The number of aromatic nitrogens is 4. The lowest BCUT2D eigenvalue weighted by Gasteiger charge is -2.13. The van der Waals surface area contributed by atoms with Crippen molar-refractivity contribution in [3.05, 3.63) is 81.8 Å². The fourth-order valence-corrected chi connectivity index (χ4v) is 4.81. The number of fused-ring (bicyclic) bond motifs is 1. The van der Waals surface area contributed by atoms with Gasteiger partial charge in [0.1, 0.15) is 5.52 Å². The highest BCUT2D eigenvalue weighted by molar-refractivity contribution is 7.99. The third-order valence-electron chi connectivity index (χ3n) is 5.94. The van der Waals surface area contributed by atoms with Crippen LogP contribution in [0.2, 0.25) is 0 Å². The zero-order valence-corrected chi connectivity index (χ0v) is 21.4. The van der Waals surface area contributed by atoms with Gasteiger partial charge in [-0.2, -0.15) is 5.10 Å². The first-order chi connectivity index (χ1) is 16.9. The van der Waals surface area contributed by atoms with Gasteiger partial charge in [0.15, 0.2) is 10.7 Å². The molecule has 8 heteroatoms. The molecule has 2 aromatic carbocycles. The molecule has 0 spiro atoms. The molecule has 0 aliphatic heterocycles. The van der Waals surface area contributed by atoms with Crippen molar-refractivity contribution in [1.29, 1.82) is 0 Å². The summed E-state index contributed by atoms with van der Waals surface area (Å²) in [6, 6.07) is 17.9. The Morgan fingerprint density at radius 3 is 2.46 bits per heavy atom. The molecule has 7 nitrogen and oxygen atoms in total. The summed E-state index contributed by atoms with van der Waals surface area (Å²) in [4.78, 5) is 31.0. The number of anilines is 1. The van der Waals surface area contributed by atoms with Crippen LogP contribution >= 0.6 is 11.8 Å². The second kappa shape index (κ2) is 10.9. The second-order valence-electron chi connectivity index (χ2n) is 8.80. The number of hydrogen-bond donors (Lipinski definition) is 1. The lowest BCUT2D eigenvalue weighted by molar-refractivity contribution is -0.113. The van der Waals surface area contributed by atoms with Gasteiger partial charge in [0.05, 0.1) is 11.4 Å². The number of rotatable bonds is 9. The molecule has 0 saturated carbocycles. The number of carbonyl (C=O) groups is 1. The average Bonchev–Trinajstić information content (AvgIpc) is 3.18. The molecule has 182 valence electrons. The predicted octanol–water partition coefficient (Wildman–Crippen LogP) is 5.02. The molecule has 4 rings (SSSR count). The third-order valence-corrected chi connectivity index (χ3v) is 6.92. The molecular weight excluding hydrogens is 458 g/mol. The Balaban J connectivity index is 1.57. The molecule has 1 amide bonds. The minimum absolute atomic E-state index is 0.124. The van der Waals surface area contributed by atoms with E-state index in [1.54, 1.807) is 9.25 Å². The Morgan fingerprint density at radius 2 is 1.80 bits per heavy atom. The van der Waals surface area contributed by atoms with E-state index in [0.717, 1.165) is 11.3 Å². The Bertz CT molecular complexity index is 1370. The SMILES string of the molecule is CCn1nc(C)c2nc(SCC(=O)Nc3ccc(C(C)C)cc3)n(CCc3ccccc3)c(=O)c21. The van der Waals surface area contributed by atoms with Gasteiger partial charge in [-0.3, -0.25) is 18.8 Å². The summed E-state index contributed by atoms with van der Waals surface area (Å²) >= 11 is 1.27. The Morgan fingerprint density at radius 1 is 1.09 bits per heavy atom. The van der Waals surface area contributed by atoms with Crippen LogP contribution in [-0.2, 0) is 24.3 Å². The number of carbonyl (C=O) groups excluding carboxylic acids is 1. The van der Waals surface area contributed by atoms with Crippen molar-refractivity contribution in [2.75, 3.05) is 11.1 Å². The second-order valence-corrected chi connectivity index (χ2v) is 9.74. The number of amides is 1. The molecule has 1 N–H and O–H groups in total. The van der Waals surface area contributed by atoms with Gasteiger partial charge >= 0.3 is 0 Å². The number of nitrogens with one attached hydrogen (secondary N) is 1. The topological polar surface area (TPSA) is 81.8 Å². The van der Waals surface area contributed by atoms with E-state index in [1.807, 2.05) is 68.4 Å². The molecular formula is C27H31N5O2S. The van der Waals surface area contributed by atoms with Crippen LogP contribution in [0.15, 0.2) is 64.5 Å². The van der Waals surface area contributed by atoms with E-state index >= 15 is 0 Å². The summed E-state index contributed by atoms with van der Waals surface area (Å²) in [5.41, 5.74) is 4.81. The lowest BCUT2D eigenvalue weighted by Crippen LogP contribution is -2.26. The van der Waals surface area contributed by atoms with Crippen LogP contribution < -0.4 is 10.9 Å². The molecule has 0 atom stereocenters. The van der Waals surface area contributed by atoms with Gasteiger partial charge in [-0.25, -0.2) is 4.98 Å². The van der Waals surface area contributed by atoms with Crippen molar-refractivity contribution >= 4 is 34.4 Å². The van der Waals surface area contributed by atoms with Gasteiger partial charge in [-0.05, 0) is 49.4 Å². The van der Waals surface area contributed by atoms with Crippen molar-refractivity contribution in [3.8, 4) is 0 Å². The van der Waals surface area contributed by atoms with Gasteiger partial charge in [-0.15, -0.1) is 0 Å². The number of aryl methyl sites for hydroxylation is 3. The quantitative estimate of drug-likeness (QED) is 0.264. The highest BCUT2D eigenvalue weighted by atomic mass is 32.2. The van der Waals surface area contributed by atoms with Gasteiger partial charge < -0.3 is 5.32 Å². The molecule has 0 aliphatic rings. The van der Waals surface area contributed by atoms with Crippen LogP contribution in [-0.4, -0.2) is 31.0 Å². The van der Waals surface area contributed by atoms with Crippen molar-refractivity contribution in [2.45, 2.75) is 58.3 Å². The van der Waals surface area contributed by atoms with Gasteiger partial charge in [0, 0.05) is 18.8 Å². The molecule has 35 heavy (non-hydrogen) atoms. The monoisotopic (exact) mass is 489 g/mol. The standard InChI is InChI=1S/C27H31N5O2S/c1-5-32-25-24(19(4)30-32)29-27(31(26(25)34)16-15-20-9-7-6-8-10-20)35-17-23(33)28-22-13-11-21(12-14-22)18(2)3/h6-14,18H,5,15-17H2,1-4H3,(H,28,33). The molecule has 0 aliphatic carbocycles. The fourth-order valence-electron chi connectivity index (χ4n) is 3.99. The van der Waals surface area contributed by atoms with Crippen LogP contribution in [0.3, 0.4) is 0 Å². The molecule has 0 saturated heterocycles. The van der Waals surface area contributed by atoms with E-state index in [4.69, 9.17) is 4.98 Å². The lowest BCUT2D eigenvalue weighted by atomic mass is 10.0. The zero-order valence-electron chi connectivity index (χ0n) is 20.6. The van der Waals surface area contributed by atoms with Crippen LogP contribution in [0.5, 0.6) is 0 Å². The maximum atomic E-state index is 13.5. The van der Waals surface area contributed by atoms with Crippen LogP contribution in [0.1, 0.15) is 43.5 Å². The van der Waals surface area contributed by atoms with E-state index in [0.29, 0.717) is 47.3 Å². The number of nitrogens with zero attached hydrogens (tertiary/aromatic N) is 4. The summed E-state index contributed by atoms with van der Waals surface area (Å²) < 4.78 is 3.39. The van der Waals surface area contributed by atoms with E-state index in [-0.39, 0.29) is 17.2 Å². The summed E-state index contributed by atoms with van der Waals surface area (Å²) in [5.74, 6) is 0.442. The van der Waals surface area contributed by atoms with Gasteiger partial charge in [-0.1, -0.05) is 68.1 Å². The van der Waals surface area contributed by atoms with Crippen molar-refractivity contribution in [1.82, 2.24) is 19.3 Å². The first-order valence-electron chi connectivity index (χ1n) is 11.9. The normalized spacial score (nSPS) is 11.3. The first-order valence-corrected chi connectivity index (χ1v) is 12.9. The van der Waals surface area contributed by atoms with E-state index in [1.165, 1.54) is 17.3 Å². The summed E-state index contributed by atoms with van der Waals surface area (Å²) in [6.45, 7) is 9.15. The van der Waals surface area contributed by atoms with Gasteiger partial charge in [0.2, 0.25) is 5.91 Å². The minimum atomic E-state index is -0.141. The summed E-state index contributed by atoms with van der Waals surface area (Å²) in [7, 11) is 0. The predicted molar refractivity (Wildman–Crippen MR) is 142 cm³/mol. The fraction of sp³-hybridized carbons (Fsp3) is 0.333. The molecule has 2 heterocycles. The van der Waals surface area contributed by atoms with Gasteiger partial charge in [0.25, 0.3) is 5.56 Å². The number of hydrogen-bond acceptors (Lipinski definition) is 5. The summed E-state index contributed by atoms with van der Waals surface area (Å²) in [5, 5.41) is 7.96. The Labute approximate surface area is 209 Å². The highest BCUT2D eigenvalue weighted by Gasteiger charge is 2.19. The molecule has 0 fully saturated rings. The van der Waals surface area contributed by atoms with E-state index < -0.39 is 0 Å².